The van der Waals surface area contributed by atoms with Crippen molar-refractivity contribution >= 4 is 23.2 Å². The van der Waals surface area contributed by atoms with E-state index in [0.717, 1.165) is 10.6 Å². The Morgan fingerprint density at radius 1 is 1.36 bits per heavy atom. The van der Waals surface area contributed by atoms with Gasteiger partial charge in [-0.3, -0.25) is 9.89 Å². The van der Waals surface area contributed by atoms with Crippen molar-refractivity contribution in [1.29, 1.82) is 0 Å². The van der Waals surface area contributed by atoms with Crippen molar-refractivity contribution in [3.63, 3.8) is 0 Å². The van der Waals surface area contributed by atoms with Crippen LogP contribution in [0.5, 0.6) is 0 Å². The second-order valence-corrected chi connectivity index (χ2v) is 5.99. The molecular formula is C14H18N4O3S. The molecule has 2 aromatic rings. The first-order valence-electron chi connectivity index (χ1n) is 6.82. The van der Waals surface area contributed by atoms with Gasteiger partial charge in [-0.1, -0.05) is 0 Å². The van der Waals surface area contributed by atoms with Crippen LogP contribution in [0.4, 0.5) is 0 Å². The molecule has 0 bridgehead atoms. The molecule has 22 heavy (non-hydrogen) atoms. The Labute approximate surface area is 131 Å². The normalized spacial score (nSPS) is 12.1. The second-order valence-electron chi connectivity index (χ2n) is 5.05. The van der Waals surface area contributed by atoms with Gasteiger partial charge >= 0.3 is 5.97 Å². The molecule has 2 heterocycles. The summed E-state index contributed by atoms with van der Waals surface area (Å²) in [4.78, 5) is 28.7. The molecule has 0 aromatic carbocycles. The molecule has 0 radical (unpaired) electrons. The first-order valence-corrected chi connectivity index (χ1v) is 7.70. The predicted molar refractivity (Wildman–Crippen MR) is 81.8 cm³/mol. The average Bonchev–Trinajstić information content (AvgIpc) is 3.00. The summed E-state index contributed by atoms with van der Waals surface area (Å²) in [5.41, 5.74) is 4.37. The van der Waals surface area contributed by atoms with Gasteiger partial charge < -0.3 is 10.4 Å². The van der Waals surface area contributed by atoms with Crippen LogP contribution in [-0.4, -0.2) is 32.2 Å². The van der Waals surface area contributed by atoms with Crippen molar-refractivity contribution in [1.82, 2.24) is 20.5 Å². The second kappa shape index (κ2) is 6.69. The summed E-state index contributed by atoms with van der Waals surface area (Å²) < 4.78 is 0. The fourth-order valence-corrected chi connectivity index (χ4v) is 3.05. The molecule has 1 amide bonds. The molecule has 0 saturated carbocycles. The molecule has 0 saturated heterocycles. The zero-order valence-electron chi connectivity index (χ0n) is 12.6. The number of carbonyl (C=O) groups excluding carboxylic acids is 1. The average molecular weight is 322 g/mol. The highest BCUT2D eigenvalue weighted by molar-refractivity contribution is 7.09. The van der Waals surface area contributed by atoms with E-state index in [-0.39, 0.29) is 12.3 Å². The van der Waals surface area contributed by atoms with Crippen molar-refractivity contribution in [2.45, 2.75) is 39.7 Å². The summed E-state index contributed by atoms with van der Waals surface area (Å²) in [6, 6.07) is -1.09. The third kappa shape index (κ3) is 3.51. The SMILES string of the molecule is Cc1ncsc1CCC(=O)N[C@H](C(=O)O)c1c(C)n[nH]c1C. The van der Waals surface area contributed by atoms with Crippen molar-refractivity contribution in [3.8, 4) is 0 Å². The number of amides is 1. The van der Waals surface area contributed by atoms with Gasteiger partial charge in [0.2, 0.25) is 5.91 Å². The van der Waals surface area contributed by atoms with Crippen LogP contribution < -0.4 is 5.32 Å². The number of carbonyl (C=O) groups is 2. The maximum Gasteiger partial charge on any atom is 0.331 e. The maximum atomic E-state index is 12.1. The van der Waals surface area contributed by atoms with E-state index < -0.39 is 12.0 Å². The zero-order valence-corrected chi connectivity index (χ0v) is 13.5. The summed E-state index contributed by atoms with van der Waals surface area (Å²) in [5, 5.41) is 18.7. The predicted octanol–water partition coefficient (Wildman–Crippen LogP) is 1.67. The number of H-pyrrole nitrogens is 1. The minimum absolute atomic E-state index is 0.225. The van der Waals surface area contributed by atoms with Crippen LogP contribution in [0.25, 0.3) is 0 Å². The van der Waals surface area contributed by atoms with Crippen molar-refractivity contribution in [3.05, 3.63) is 33.0 Å². The Bertz CT molecular complexity index is 673. The first-order chi connectivity index (χ1) is 10.4. The van der Waals surface area contributed by atoms with E-state index in [4.69, 9.17) is 0 Å². The number of hydrogen-bond donors (Lipinski definition) is 3. The molecule has 0 spiro atoms. The largest absolute Gasteiger partial charge is 0.479 e. The Morgan fingerprint density at radius 3 is 2.59 bits per heavy atom. The topological polar surface area (TPSA) is 108 Å². The van der Waals surface area contributed by atoms with Crippen molar-refractivity contribution in [2.75, 3.05) is 0 Å². The van der Waals surface area contributed by atoms with Crippen molar-refractivity contribution in [2.24, 2.45) is 0 Å². The smallest absolute Gasteiger partial charge is 0.331 e. The molecule has 2 aromatic heterocycles. The number of carboxylic acid groups (broad SMARTS) is 1. The van der Waals surface area contributed by atoms with Crippen LogP contribution >= 0.6 is 11.3 Å². The van der Waals surface area contributed by atoms with E-state index in [1.807, 2.05) is 6.92 Å². The number of rotatable bonds is 6. The summed E-state index contributed by atoms with van der Waals surface area (Å²) in [7, 11) is 0. The molecule has 118 valence electrons. The van der Waals surface area contributed by atoms with Gasteiger partial charge in [0.1, 0.15) is 0 Å². The molecule has 0 aliphatic heterocycles. The number of thiazole rings is 1. The number of aryl methyl sites for hydroxylation is 4. The number of aromatic nitrogens is 3. The van der Waals surface area contributed by atoms with Gasteiger partial charge in [0.15, 0.2) is 6.04 Å². The number of carboxylic acids is 1. The van der Waals surface area contributed by atoms with Gasteiger partial charge in [-0.2, -0.15) is 5.10 Å². The molecule has 3 N–H and O–H groups in total. The monoisotopic (exact) mass is 322 g/mol. The maximum absolute atomic E-state index is 12.1. The fourth-order valence-electron chi connectivity index (χ4n) is 2.27. The number of hydrogen-bond acceptors (Lipinski definition) is 5. The van der Waals surface area contributed by atoms with E-state index in [9.17, 15) is 14.7 Å². The summed E-state index contributed by atoms with van der Waals surface area (Å²) >= 11 is 1.50. The number of nitrogens with zero attached hydrogens (tertiary/aromatic N) is 2. The summed E-state index contributed by atoms with van der Waals surface area (Å²) in [6.45, 7) is 5.34. The molecule has 8 heteroatoms. The molecule has 0 aliphatic carbocycles. The third-order valence-electron chi connectivity index (χ3n) is 3.45. The van der Waals surface area contributed by atoms with Gasteiger partial charge in [-0.15, -0.1) is 11.3 Å². The molecule has 0 aliphatic rings. The lowest BCUT2D eigenvalue weighted by atomic mass is 10.0. The van der Waals surface area contributed by atoms with E-state index in [1.54, 1.807) is 19.4 Å². The number of nitrogens with one attached hydrogen (secondary N) is 2. The Balaban J connectivity index is 2.04. The Kier molecular flexibility index (Phi) is 4.92. The number of aromatic amines is 1. The standard InChI is InChI=1S/C14H18N4O3S/c1-7-10(22-6-15-7)4-5-11(19)16-13(14(20)21)12-8(2)17-18-9(12)3/h6,13H,4-5H2,1-3H3,(H,16,19)(H,17,18)(H,20,21)/t13-/m0/s1. The van der Waals surface area contributed by atoms with Gasteiger partial charge in [-0.25, -0.2) is 9.78 Å². The van der Waals surface area contributed by atoms with Crippen LogP contribution in [0.1, 0.15) is 40.0 Å². The summed E-state index contributed by atoms with van der Waals surface area (Å²) in [6.07, 6.45) is 0.779. The molecule has 7 nitrogen and oxygen atoms in total. The zero-order chi connectivity index (χ0) is 16.3. The van der Waals surface area contributed by atoms with Crippen LogP contribution in [0, 0.1) is 20.8 Å². The molecule has 0 fully saturated rings. The van der Waals surface area contributed by atoms with E-state index in [1.165, 1.54) is 11.3 Å². The van der Waals surface area contributed by atoms with Gasteiger partial charge in [0, 0.05) is 22.6 Å². The van der Waals surface area contributed by atoms with Crippen molar-refractivity contribution < 1.29 is 14.7 Å². The van der Waals surface area contributed by atoms with Gasteiger partial charge in [0.25, 0.3) is 0 Å². The van der Waals surface area contributed by atoms with E-state index in [0.29, 0.717) is 23.4 Å². The van der Waals surface area contributed by atoms with E-state index >= 15 is 0 Å². The quantitative estimate of drug-likeness (QED) is 0.749. The first kappa shape index (κ1) is 16.2. The Hall–Kier alpha value is -2.22. The molecular weight excluding hydrogens is 304 g/mol. The minimum Gasteiger partial charge on any atom is -0.479 e. The van der Waals surface area contributed by atoms with Crippen LogP contribution in [0.15, 0.2) is 5.51 Å². The van der Waals surface area contributed by atoms with Gasteiger partial charge in [0.05, 0.1) is 16.9 Å². The van der Waals surface area contributed by atoms with Crippen LogP contribution in [0.2, 0.25) is 0 Å². The van der Waals surface area contributed by atoms with Gasteiger partial charge in [-0.05, 0) is 27.2 Å². The Morgan fingerprint density at radius 2 is 2.09 bits per heavy atom. The van der Waals surface area contributed by atoms with E-state index in [2.05, 4.69) is 20.5 Å². The molecule has 1 atom stereocenters. The molecule has 0 unspecified atom stereocenters. The number of aliphatic carboxylic acids is 1. The lowest BCUT2D eigenvalue weighted by Gasteiger charge is -2.15. The molecule has 2 rings (SSSR count). The highest BCUT2D eigenvalue weighted by atomic mass is 32.1. The third-order valence-corrected chi connectivity index (χ3v) is 4.44. The lowest BCUT2D eigenvalue weighted by Crippen LogP contribution is -2.34. The summed E-state index contributed by atoms with van der Waals surface area (Å²) in [5.74, 6) is -1.41. The lowest BCUT2D eigenvalue weighted by molar-refractivity contribution is -0.142. The highest BCUT2D eigenvalue weighted by Gasteiger charge is 2.27. The fraction of sp³-hybridized carbons (Fsp3) is 0.429. The minimum atomic E-state index is -1.10. The van der Waals surface area contributed by atoms with Crippen LogP contribution in [-0.2, 0) is 16.0 Å². The van der Waals surface area contributed by atoms with Crippen LogP contribution in [0.3, 0.4) is 0 Å². The highest BCUT2D eigenvalue weighted by Crippen LogP contribution is 2.20.